The normalized spacial score (nSPS) is 22.6. The summed E-state index contributed by atoms with van der Waals surface area (Å²) in [6.45, 7) is 3.84. The second-order valence-electron chi connectivity index (χ2n) is 7.13. The van der Waals surface area contributed by atoms with Gasteiger partial charge in [0.2, 0.25) is 5.78 Å². The Bertz CT molecular complexity index is 919. The Morgan fingerprint density at radius 1 is 1.08 bits per heavy atom. The minimum atomic E-state index is -0.418. The summed E-state index contributed by atoms with van der Waals surface area (Å²) in [7, 11) is 0. The van der Waals surface area contributed by atoms with Crippen LogP contribution in [0.5, 0.6) is 0 Å². The van der Waals surface area contributed by atoms with E-state index in [9.17, 15) is 14.4 Å². The molecule has 0 spiro atoms. The maximum Gasteiger partial charge on any atom is 0.255 e. The Morgan fingerprint density at radius 3 is 2.42 bits per heavy atom. The fraction of sp³-hybridized carbons (Fsp3) is 0.300. The number of amides is 2. The number of hydrogen-bond donors (Lipinski definition) is 0. The van der Waals surface area contributed by atoms with Crippen LogP contribution in [0.15, 0.2) is 47.0 Å². The van der Waals surface area contributed by atoms with Crippen LogP contribution in [0.4, 0.5) is 0 Å². The van der Waals surface area contributed by atoms with Gasteiger partial charge in [-0.25, -0.2) is 0 Å². The molecular weight excluding hydrogens is 332 g/mol. The molecule has 1 aromatic rings. The molecule has 0 radical (unpaired) electrons. The largest absolute Gasteiger partial charge is 0.487 e. The molecule has 0 unspecified atom stereocenters. The number of allylic oxidation sites excluding steroid dienone is 1. The Kier molecular flexibility index (Phi) is 3.64. The van der Waals surface area contributed by atoms with Gasteiger partial charge in [0.25, 0.3) is 11.8 Å². The van der Waals surface area contributed by atoms with E-state index in [-0.39, 0.29) is 23.8 Å². The van der Waals surface area contributed by atoms with Crippen molar-refractivity contribution < 1.29 is 19.1 Å². The van der Waals surface area contributed by atoms with Gasteiger partial charge in [0, 0.05) is 28.9 Å². The van der Waals surface area contributed by atoms with Gasteiger partial charge >= 0.3 is 0 Å². The first-order valence-electron chi connectivity index (χ1n) is 8.52. The molecule has 132 valence electrons. The number of imide groups is 1. The molecule has 0 aromatic heterocycles. The fourth-order valence-electron chi connectivity index (χ4n) is 3.38. The predicted molar refractivity (Wildman–Crippen MR) is 95.2 cm³/mol. The van der Waals surface area contributed by atoms with Crippen LogP contribution in [0.25, 0.3) is 5.76 Å². The molecule has 0 bridgehead atoms. The monoisotopic (exact) mass is 350 g/mol. The molecule has 4 rings (SSSR count). The maximum absolute atomic E-state index is 13.0. The number of fused-ring (bicyclic) bond motifs is 2. The van der Waals surface area contributed by atoms with E-state index in [4.69, 9.17) is 4.74 Å². The average molecular weight is 350 g/mol. The first kappa shape index (κ1) is 16.4. The van der Waals surface area contributed by atoms with Gasteiger partial charge in [-0.15, -0.1) is 0 Å². The van der Waals surface area contributed by atoms with Gasteiger partial charge in [0.1, 0.15) is 23.7 Å². The van der Waals surface area contributed by atoms with Crippen molar-refractivity contribution in [1.29, 1.82) is 0 Å². The number of carbonyl (C=O) groups is 3. The van der Waals surface area contributed by atoms with Crippen molar-refractivity contribution in [1.82, 2.24) is 4.90 Å². The first-order chi connectivity index (χ1) is 12.4. The maximum atomic E-state index is 13.0. The lowest BCUT2D eigenvalue weighted by atomic mass is 9.82. The summed E-state index contributed by atoms with van der Waals surface area (Å²) in [5, 5.41) is 0. The number of Topliss-reactive ketones (excluding diaryl/α,β-unsaturated/α-hetero) is 1. The molecule has 0 saturated carbocycles. The Morgan fingerprint density at radius 2 is 1.73 bits per heavy atom. The molecule has 0 atom stereocenters. The van der Waals surface area contributed by atoms with Gasteiger partial charge in [-0.1, -0.05) is 24.3 Å². The zero-order valence-electron chi connectivity index (χ0n) is 14.6. The molecule has 3 aliphatic rings. The molecule has 26 heavy (non-hydrogen) atoms. The lowest BCUT2D eigenvalue weighted by Gasteiger charge is -2.36. The van der Waals surface area contributed by atoms with E-state index in [1.54, 1.807) is 0 Å². The van der Waals surface area contributed by atoms with Crippen molar-refractivity contribution in [3.8, 4) is 0 Å². The summed E-state index contributed by atoms with van der Waals surface area (Å²) in [5.41, 5.74) is 2.04. The summed E-state index contributed by atoms with van der Waals surface area (Å²) in [5.74, 6) is -0.408. The first-order valence-corrected chi connectivity index (χ1v) is 8.52. The lowest BCUT2D eigenvalue weighted by molar-refractivity contribution is -0.136. The van der Waals surface area contributed by atoms with Crippen LogP contribution in [-0.2, 0) is 19.1 Å². The molecule has 6 nitrogen and oxygen atoms in total. The van der Waals surface area contributed by atoms with Crippen molar-refractivity contribution >= 4 is 29.1 Å². The minimum absolute atomic E-state index is 0.172. The topological polar surface area (TPSA) is 76.0 Å². The number of ether oxygens (including phenoxy) is 1. The number of ketones is 1. The van der Waals surface area contributed by atoms with E-state index in [2.05, 4.69) is 4.99 Å². The Labute approximate surface area is 150 Å². The van der Waals surface area contributed by atoms with Crippen molar-refractivity contribution in [2.75, 3.05) is 6.67 Å². The number of benzene rings is 1. The van der Waals surface area contributed by atoms with Gasteiger partial charge in [0.15, 0.2) is 0 Å². The summed E-state index contributed by atoms with van der Waals surface area (Å²) >= 11 is 0. The van der Waals surface area contributed by atoms with Crippen LogP contribution in [0.1, 0.15) is 37.8 Å². The van der Waals surface area contributed by atoms with Gasteiger partial charge < -0.3 is 4.74 Å². The SMILES string of the molecule is CC1(C)CCC2=C(O1)c1ccccc1/C(=N\CN1C(=O)C=CC1=O)C2=O. The molecule has 0 N–H and O–H groups in total. The number of aliphatic imine (C=N–C) groups is 1. The summed E-state index contributed by atoms with van der Waals surface area (Å²) in [6, 6.07) is 7.43. The highest BCUT2D eigenvalue weighted by Gasteiger charge is 2.38. The van der Waals surface area contributed by atoms with Crippen molar-refractivity contribution in [2.45, 2.75) is 32.3 Å². The molecule has 2 amide bonds. The van der Waals surface area contributed by atoms with E-state index >= 15 is 0 Å². The summed E-state index contributed by atoms with van der Waals surface area (Å²) < 4.78 is 6.11. The van der Waals surface area contributed by atoms with Crippen LogP contribution in [-0.4, -0.2) is 40.5 Å². The van der Waals surface area contributed by atoms with E-state index in [1.807, 2.05) is 38.1 Å². The summed E-state index contributed by atoms with van der Waals surface area (Å²) in [4.78, 5) is 41.8. The molecule has 0 fully saturated rings. The van der Waals surface area contributed by atoms with Crippen LogP contribution >= 0.6 is 0 Å². The Hall–Kier alpha value is -3.02. The summed E-state index contributed by atoms with van der Waals surface area (Å²) in [6.07, 6.45) is 3.76. The van der Waals surface area contributed by atoms with Crippen LogP contribution in [0.3, 0.4) is 0 Å². The quantitative estimate of drug-likeness (QED) is 0.767. The van der Waals surface area contributed by atoms with E-state index < -0.39 is 11.8 Å². The third kappa shape index (κ3) is 2.58. The zero-order chi connectivity index (χ0) is 18.5. The number of hydrogen-bond acceptors (Lipinski definition) is 5. The fourth-order valence-corrected chi connectivity index (χ4v) is 3.38. The van der Waals surface area contributed by atoms with Crippen molar-refractivity contribution in [3.05, 3.63) is 53.1 Å². The second-order valence-corrected chi connectivity index (χ2v) is 7.13. The van der Waals surface area contributed by atoms with E-state index in [0.717, 1.165) is 16.9 Å². The highest BCUT2D eigenvalue weighted by molar-refractivity contribution is 6.54. The van der Waals surface area contributed by atoms with Gasteiger partial charge in [-0.2, -0.15) is 0 Å². The number of nitrogens with zero attached hydrogens (tertiary/aromatic N) is 2. The van der Waals surface area contributed by atoms with Gasteiger partial charge in [0.05, 0.1) is 0 Å². The van der Waals surface area contributed by atoms with Crippen LogP contribution in [0, 0.1) is 0 Å². The third-order valence-corrected chi connectivity index (χ3v) is 4.82. The van der Waals surface area contributed by atoms with Crippen LogP contribution in [0.2, 0.25) is 0 Å². The molecule has 1 aliphatic carbocycles. The van der Waals surface area contributed by atoms with Gasteiger partial charge in [-0.3, -0.25) is 24.3 Å². The van der Waals surface area contributed by atoms with E-state index in [0.29, 0.717) is 23.3 Å². The molecular formula is C20H18N2O4. The van der Waals surface area contributed by atoms with Crippen molar-refractivity contribution in [2.24, 2.45) is 4.99 Å². The number of rotatable bonds is 2. The third-order valence-electron chi connectivity index (χ3n) is 4.82. The minimum Gasteiger partial charge on any atom is -0.487 e. The zero-order valence-corrected chi connectivity index (χ0v) is 14.6. The van der Waals surface area contributed by atoms with Crippen LogP contribution < -0.4 is 0 Å². The molecule has 2 aliphatic heterocycles. The predicted octanol–water partition coefficient (Wildman–Crippen LogP) is 2.24. The molecule has 6 heteroatoms. The van der Waals surface area contributed by atoms with Gasteiger partial charge in [-0.05, 0) is 26.7 Å². The second kappa shape index (κ2) is 5.76. The highest BCUT2D eigenvalue weighted by Crippen LogP contribution is 2.41. The average Bonchev–Trinajstić information content (AvgIpc) is 2.92. The molecule has 0 saturated heterocycles. The van der Waals surface area contributed by atoms with E-state index in [1.165, 1.54) is 12.2 Å². The smallest absolute Gasteiger partial charge is 0.255 e. The highest BCUT2D eigenvalue weighted by atomic mass is 16.5. The molecule has 1 aromatic carbocycles. The van der Waals surface area contributed by atoms with Crippen molar-refractivity contribution in [3.63, 3.8) is 0 Å². The standard InChI is InChI=1S/C20H18N2O4/c1-20(2)10-9-14-18(25)17(21-11-22-15(23)7-8-16(22)24)12-5-3-4-6-13(12)19(14)26-20/h3-8H,9-11H2,1-2H3/b21-17+. The number of carbonyl (C=O) groups excluding carboxylic acids is 3. The molecule has 2 heterocycles. The lowest BCUT2D eigenvalue weighted by Crippen LogP contribution is -2.36. The Balaban J connectivity index is 1.75.